The van der Waals surface area contributed by atoms with Crippen LogP contribution in [0.3, 0.4) is 0 Å². The highest BCUT2D eigenvalue weighted by atomic mass is 16.8. The minimum absolute atomic E-state index is 0.0181. The van der Waals surface area contributed by atoms with E-state index in [9.17, 15) is 14.8 Å². The fraction of sp³-hybridized carbons (Fsp3) is 0.316. The van der Waals surface area contributed by atoms with E-state index in [0.717, 1.165) is 12.1 Å². The topological polar surface area (TPSA) is 131 Å². The third-order valence-corrected chi connectivity index (χ3v) is 5.66. The summed E-state index contributed by atoms with van der Waals surface area (Å²) in [6, 6.07) is 8.21. The zero-order chi connectivity index (χ0) is 20.1. The highest BCUT2D eigenvalue weighted by Crippen LogP contribution is 2.36. The van der Waals surface area contributed by atoms with Gasteiger partial charge in [-0.3, -0.25) is 19.9 Å². The molecule has 10 nitrogen and oxygen atoms in total. The summed E-state index contributed by atoms with van der Waals surface area (Å²) in [6.07, 6.45) is 2.41. The molecule has 2 bridgehead atoms. The van der Waals surface area contributed by atoms with Crippen molar-refractivity contribution in [2.45, 2.75) is 18.9 Å². The Hall–Kier alpha value is -3.37. The van der Waals surface area contributed by atoms with Crippen LogP contribution in [-0.4, -0.2) is 43.9 Å². The number of fused-ring (bicyclic) bond motifs is 4. The lowest BCUT2D eigenvalue weighted by Crippen LogP contribution is -2.49. The first-order valence-corrected chi connectivity index (χ1v) is 9.29. The Morgan fingerprint density at radius 1 is 1.31 bits per heavy atom. The number of carbonyl (C=O) groups excluding carboxylic acids is 1. The lowest BCUT2D eigenvalue weighted by atomic mass is 9.83. The van der Waals surface area contributed by atoms with Crippen molar-refractivity contribution in [3.63, 3.8) is 0 Å². The Morgan fingerprint density at radius 2 is 2.17 bits per heavy atom. The maximum absolute atomic E-state index is 13.0. The maximum Gasteiger partial charge on any atom is 0.275 e. The van der Waals surface area contributed by atoms with Gasteiger partial charge in [0.05, 0.1) is 6.26 Å². The summed E-state index contributed by atoms with van der Waals surface area (Å²) in [5.74, 6) is 0.491. The third-order valence-electron chi connectivity index (χ3n) is 5.66. The summed E-state index contributed by atoms with van der Waals surface area (Å²) < 4.78 is 6.87. The van der Waals surface area contributed by atoms with E-state index in [1.165, 1.54) is 6.07 Å². The van der Waals surface area contributed by atoms with Crippen molar-refractivity contribution in [2.24, 2.45) is 5.92 Å². The zero-order valence-electron chi connectivity index (χ0n) is 15.3. The zero-order valence-corrected chi connectivity index (χ0v) is 15.3. The normalized spacial score (nSPS) is 20.4. The molecule has 0 aliphatic carbocycles. The first-order valence-electron chi connectivity index (χ1n) is 9.29. The second kappa shape index (κ2) is 6.61. The van der Waals surface area contributed by atoms with Crippen molar-refractivity contribution in [3.8, 4) is 11.5 Å². The number of anilines is 1. The number of amides is 1. The molecule has 2 unspecified atom stereocenters. The minimum Gasteiger partial charge on any atom is -0.733 e. The van der Waals surface area contributed by atoms with Crippen LogP contribution in [0, 0.1) is 11.1 Å². The van der Waals surface area contributed by atoms with Crippen LogP contribution in [0.25, 0.3) is 11.5 Å². The van der Waals surface area contributed by atoms with E-state index in [0.29, 0.717) is 36.8 Å². The summed E-state index contributed by atoms with van der Waals surface area (Å²) in [7, 11) is 0. The molecule has 29 heavy (non-hydrogen) atoms. The SMILES string of the molecule is O=C(c1cc(-c2ccco2)[nH]n1)N1CC2CC(C1)c1ccc(N([O-])O)c(=O)n1C2. The number of pyridine rings is 1. The number of piperidine rings is 1. The number of hydrogen-bond donors (Lipinski definition) is 2. The summed E-state index contributed by atoms with van der Waals surface area (Å²) in [6.45, 7) is 1.35. The fourth-order valence-corrected chi connectivity index (χ4v) is 4.40. The van der Waals surface area contributed by atoms with Gasteiger partial charge in [-0.15, -0.1) is 0 Å². The van der Waals surface area contributed by atoms with Gasteiger partial charge in [0.15, 0.2) is 11.5 Å². The van der Waals surface area contributed by atoms with Crippen LogP contribution < -0.4 is 10.8 Å². The van der Waals surface area contributed by atoms with Gasteiger partial charge in [-0.05, 0) is 36.6 Å². The number of aromatic nitrogens is 3. The lowest BCUT2D eigenvalue weighted by Gasteiger charge is -2.43. The van der Waals surface area contributed by atoms with Crippen molar-refractivity contribution < 1.29 is 14.4 Å². The number of carbonyl (C=O) groups is 1. The molecule has 5 rings (SSSR count). The number of furan rings is 1. The molecule has 3 aromatic heterocycles. The average Bonchev–Trinajstić information content (AvgIpc) is 3.39. The third kappa shape index (κ3) is 2.93. The van der Waals surface area contributed by atoms with Gasteiger partial charge in [-0.1, -0.05) is 0 Å². The molecule has 0 spiro atoms. The van der Waals surface area contributed by atoms with E-state index < -0.39 is 10.8 Å². The molecule has 2 aliphatic rings. The molecule has 0 radical (unpaired) electrons. The maximum atomic E-state index is 13.0. The van der Waals surface area contributed by atoms with Gasteiger partial charge in [-0.2, -0.15) is 5.10 Å². The van der Waals surface area contributed by atoms with Gasteiger partial charge < -0.3 is 24.3 Å². The molecular formula is C19H18N5O5-. The number of H-pyrrole nitrogens is 1. The molecule has 3 aromatic rings. The summed E-state index contributed by atoms with van der Waals surface area (Å²) in [5.41, 5.74) is 0.902. The van der Waals surface area contributed by atoms with Crippen molar-refractivity contribution in [3.05, 3.63) is 63.5 Å². The van der Waals surface area contributed by atoms with Gasteiger partial charge in [-0.25, -0.2) is 0 Å². The molecule has 1 saturated heterocycles. The molecule has 150 valence electrons. The summed E-state index contributed by atoms with van der Waals surface area (Å²) in [4.78, 5) is 27.3. The van der Waals surface area contributed by atoms with Crippen LogP contribution in [-0.2, 0) is 6.54 Å². The van der Waals surface area contributed by atoms with Crippen LogP contribution in [0.5, 0.6) is 0 Å². The smallest absolute Gasteiger partial charge is 0.275 e. The van der Waals surface area contributed by atoms with Gasteiger partial charge in [0.2, 0.25) is 0 Å². The predicted molar refractivity (Wildman–Crippen MR) is 101 cm³/mol. The second-order valence-corrected chi connectivity index (χ2v) is 7.49. The van der Waals surface area contributed by atoms with Crippen molar-refractivity contribution in [2.75, 3.05) is 18.3 Å². The molecule has 2 atom stereocenters. The standard InChI is InChI=1S/C19H18N5O5/c25-18(14-7-13(20-21-14)17-2-1-5-29-17)22-8-11-6-12(10-22)15-3-4-16(24(27)28)19(26)23(15)9-11/h1-5,7,11-12,27H,6,8-10H2,(H,20,21)/q-1. The lowest BCUT2D eigenvalue weighted by molar-refractivity contribution is 0.0588. The van der Waals surface area contributed by atoms with E-state index in [1.807, 2.05) is 0 Å². The van der Waals surface area contributed by atoms with Crippen LogP contribution >= 0.6 is 0 Å². The first-order chi connectivity index (χ1) is 14.0. The largest absolute Gasteiger partial charge is 0.733 e. The minimum atomic E-state index is -0.509. The molecule has 1 amide bonds. The van der Waals surface area contributed by atoms with Gasteiger partial charge >= 0.3 is 0 Å². The van der Waals surface area contributed by atoms with E-state index >= 15 is 0 Å². The first kappa shape index (κ1) is 17.7. The van der Waals surface area contributed by atoms with E-state index in [2.05, 4.69) is 10.2 Å². The molecule has 10 heteroatoms. The second-order valence-electron chi connectivity index (χ2n) is 7.49. The predicted octanol–water partition coefficient (Wildman–Crippen LogP) is 1.78. The molecule has 0 aromatic carbocycles. The molecule has 2 aliphatic heterocycles. The Balaban J connectivity index is 1.40. The van der Waals surface area contributed by atoms with Gasteiger partial charge in [0, 0.05) is 37.3 Å². The van der Waals surface area contributed by atoms with Crippen molar-refractivity contribution in [1.29, 1.82) is 0 Å². The number of hydrogen-bond acceptors (Lipinski definition) is 7. The Labute approximate surface area is 164 Å². The molecule has 0 saturated carbocycles. The summed E-state index contributed by atoms with van der Waals surface area (Å²) >= 11 is 0. The Bertz CT molecular complexity index is 1120. The van der Waals surface area contributed by atoms with E-state index in [1.54, 1.807) is 40.0 Å². The van der Waals surface area contributed by atoms with E-state index in [4.69, 9.17) is 9.62 Å². The van der Waals surface area contributed by atoms with Crippen molar-refractivity contribution in [1.82, 2.24) is 19.7 Å². The number of rotatable bonds is 3. The summed E-state index contributed by atoms with van der Waals surface area (Å²) in [5, 5.41) is 26.8. The van der Waals surface area contributed by atoms with E-state index in [-0.39, 0.29) is 23.4 Å². The number of nitrogens with one attached hydrogen (secondary N) is 1. The fourth-order valence-electron chi connectivity index (χ4n) is 4.40. The highest BCUT2D eigenvalue weighted by molar-refractivity contribution is 5.93. The Kier molecular flexibility index (Phi) is 4.03. The van der Waals surface area contributed by atoms with Gasteiger partial charge in [0.1, 0.15) is 11.4 Å². The molecule has 1 fully saturated rings. The number of aromatic amines is 1. The Morgan fingerprint density at radius 3 is 2.93 bits per heavy atom. The average molecular weight is 396 g/mol. The number of nitrogens with zero attached hydrogens (tertiary/aromatic N) is 4. The quantitative estimate of drug-likeness (QED) is 0.645. The van der Waals surface area contributed by atoms with Crippen molar-refractivity contribution >= 4 is 11.6 Å². The molecule has 2 N–H and O–H groups in total. The monoisotopic (exact) mass is 396 g/mol. The number of likely N-dealkylation sites (tertiary alicyclic amines) is 1. The highest BCUT2D eigenvalue weighted by Gasteiger charge is 2.37. The van der Waals surface area contributed by atoms with Crippen LogP contribution in [0.2, 0.25) is 0 Å². The van der Waals surface area contributed by atoms with Crippen LogP contribution in [0.1, 0.15) is 28.5 Å². The molecule has 5 heterocycles. The molecular weight excluding hydrogens is 378 g/mol. The van der Waals surface area contributed by atoms with Crippen LogP contribution in [0.4, 0.5) is 5.69 Å². The van der Waals surface area contributed by atoms with Crippen LogP contribution in [0.15, 0.2) is 45.8 Å². The van der Waals surface area contributed by atoms with Gasteiger partial charge in [0.25, 0.3) is 11.5 Å².